The molecule has 6 heteroatoms. The van der Waals surface area contributed by atoms with Crippen molar-refractivity contribution in [2.75, 3.05) is 20.8 Å². The van der Waals surface area contributed by atoms with Crippen LogP contribution < -0.4 is 14.8 Å². The van der Waals surface area contributed by atoms with Crippen molar-refractivity contribution >= 4 is 11.8 Å². The van der Waals surface area contributed by atoms with Gasteiger partial charge in [-0.15, -0.1) is 0 Å². The van der Waals surface area contributed by atoms with Gasteiger partial charge in [0.15, 0.2) is 5.78 Å². The van der Waals surface area contributed by atoms with Crippen LogP contribution in [-0.2, 0) is 4.79 Å². The summed E-state index contributed by atoms with van der Waals surface area (Å²) in [6, 6.07) is 4.61. The van der Waals surface area contributed by atoms with Gasteiger partial charge >= 0.3 is 5.97 Å². The predicted molar refractivity (Wildman–Crippen MR) is 78.2 cm³/mol. The van der Waals surface area contributed by atoms with E-state index in [1.165, 1.54) is 14.2 Å². The molecule has 0 amide bonds. The molecule has 21 heavy (non-hydrogen) atoms. The van der Waals surface area contributed by atoms with E-state index in [9.17, 15) is 9.59 Å². The van der Waals surface area contributed by atoms with Crippen LogP contribution in [0.25, 0.3) is 0 Å². The second-order valence-electron chi connectivity index (χ2n) is 4.60. The van der Waals surface area contributed by atoms with Gasteiger partial charge in [-0.05, 0) is 38.1 Å². The van der Waals surface area contributed by atoms with E-state index in [1.54, 1.807) is 25.1 Å². The molecule has 0 aliphatic rings. The predicted octanol–water partition coefficient (Wildman–Crippen LogP) is 1.73. The number of ketones is 1. The molecule has 6 nitrogen and oxygen atoms in total. The number of carboxylic acid groups (broad SMARTS) is 1. The van der Waals surface area contributed by atoms with Crippen LogP contribution in [0.5, 0.6) is 11.5 Å². The summed E-state index contributed by atoms with van der Waals surface area (Å²) < 4.78 is 10.3. The first-order valence-corrected chi connectivity index (χ1v) is 6.71. The van der Waals surface area contributed by atoms with E-state index in [0.29, 0.717) is 30.0 Å². The van der Waals surface area contributed by atoms with Gasteiger partial charge in [0.25, 0.3) is 0 Å². The molecule has 0 fully saturated rings. The van der Waals surface area contributed by atoms with Crippen LogP contribution in [0.3, 0.4) is 0 Å². The molecule has 1 aromatic carbocycles. The number of carbonyl (C=O) groups is 2. The largest absolute Gasteiger partial charge is 0.497 e. The zero-order valence-corrected chi connectivity index (χ0v) is 12.5. The van der Waals surface area contributed by atoms with E-state index in [1.807, 2.05) is 0 Å². The van der Waals surface area contributed by atoms with Gasteiger partial charge in [0, 0.05) is 6.42 Å². The third-order valence-electron chi connectivity index (χ3n) is 3.08. The maximum absolute atomic E-state index is 12.4. The average Bonchev–Trinajstić information content (AvgIpc) is 2.49. The molecule has 0 aliphatic carbocycles. The molecule has 1 unspecified atom stereocenters. The van der Waals surface area contributed by atoms with Crippen LogP contribution in [0.1, 0.15) is 30.1 Å². The first-order chi connectivity index (χ1) is 9.99. The van der Waals surface area contributed by atoms with E-state index >= 15 is 0 Å². The van der Waals surface area contributed by atoms with Crippen molar-refractivity contribution in [3.05, 3.63) is 23.8 Å². The minimum atomic E-state index is -0.842. The van der Waals surface area contributed by atoms with E-state index in [2.05, 4.69) is 5.32 Å². The van der Waals surface area contributed by atoms with E-state index < -0.39 is 12.0 Å². The molecule has 0 saturated carbocycles. The molecule has 0 spiro atoms. The lowest BCUT2D eigenvalue weighted by Gasteiger charge is -2.15. The first kappa shape index (κ1) is 17.0. The number of nitrogens with one attached hydrogen (secondary N) is 1. The van der Waals surface area contributed by atoms with Gasteiger partial charge < -0.3 is 19.9 Å². The van der Waals surface area contributed by atoms with Gasteiger partial charge in [-0.25, -0.2) is 0 Å². The molecule has 116 valence electrons. The topological polar surface area (TPSA) is 84.9 Å². The standard InChI is InChI=1S/C15H21NO5/c1-10(16-8-4-5-14(17)18)15(19)12-9-11(20-2)6-7-13(12)21-3/h6-7,9-10,16H,4-5,8H2,1-3H3,(H,17,18). The number of aliphatic carboxylic acids is 1. The fraction of sp³-hybridized carbons (Fsp3) is 0.467. The van der Waals surface area contributed by atoms with Crippen LogP contribution in [-0.4, -0.2) is 43.7 Å². The Morgan fingerprint density at radius 3 is 2.57 bits per heavy atom. The summed E-state index contributed by atoms with van der Waals surface area (Å²) in [5.41, 5.74) is 0.440. The Kier molecular flexibility index (Phi) is 6.68. The number of ether oxygens (including phenoxy) is 2. The minimum Gasteiger partial charge on any atom is -0.497 e. The van der Waals surface area contributed by atoms with Gasteiger partial charge in [-0.1, -0.05) is 0 Å². The van der Waals surface area contributed by atoms with Crippen LogP contribution >= 0.6 is 0 Å². The molecule has 0 heterocycles. The molecule has 0 bridgehead atoms. The fourth-order valence-corrected chi connectivity index (χ4v) is 1.89. The van der Waals surface area contributed by atoms with Crippen LogP contribution in [0, 0.1) is 0 Å². The van der Waals surface area contributed by atoms with Crippen LogP contribution in [0.4, 0.5) is 0 Å². The zero-order valence-electron chi connectivity index (χ0n) is 12.5. The van der Waals surface area contributed by atoms with Crippen molar-refractivity contribution < 1.29 is 24.2 Å². The maximum Gasteiger partial charge on any atom is 0.303 e. The van der Waals surface area contributed by atoms with Crippen molar-refractivity contribution in [2.24, 2.45) is 0 Å². The number of carbonyl (C=O) groups excluding carboxylic acids is 1. The van der Waals surface area contributed by atoms with E-state index in [4.69, 9.17) is 14.6 Å². The van der Waals surface area contributed by atoms with E-state index in [0.717, 1.165) is 0 Å². The lowest BCUT2D eigenvalue weighted by atomic mass is 10.0. The molecule has 1 rings (SSSR count). The van der Waals surface area contributed by atoms with E-state index in [-0.39, 0.29) is 12.2 Å². The van der Waals surface area contributed by atoms with Crippen molar-refractivity contribution in [1.82, 2.24) is 5.32 Å². The lowest BCUT2D eigenvalue weighted by Crippen LogP contribution is -2.35. The summed E-state index contributed by atoms with van der Waals surface area (Å²) in [5.74, 6) is 0.100. The normalized spacial score (nSPS) is 11.8. The number of hydrogen-bond donors (Lipinski definition) is 2. The first-order valence-electron chi connectivity index (χ1n) is 6.71. The quantitative estimate of drug-likeness (QED) is 0.533. The van der Waals surface area contributed by atoms with Crippen molar-refractivity contribution in [2.45, 2.75) is 25.8 Å². The number of Topliss-reactive ketones (excluding diaryl/α,β-unsaturated/α-hetero) is 1. The SMILES string of the molecule is COc1ccc(OC)c(C(=O)C(C)NCCCC(=O)O)c1. The number of methoxy groups -OCH3 is 2. The highest BCUT2D eigenvalue weighted by molar-refractivity contribution is 6.02. The summed E-state index contributed by atoms with van der Waals surface area (Å²) in [7, 11) is 3.03. The summed E-state index contributed by atoms with van der Waals surface area (Å²) >= 11 is 0. The van der Waals surface area contributed by atoms with Gasteiger partial charge in [0.1, 0.15) is 11.5 Å². The van der Waals surface area contributed by atoms with Gasteiger partial charge in [-0.2, -0.15) is 0 Å². The van der Waals surface area contributed by atoms with Crippen LogP contribution in [0.15, 0.2) is 18.2 Å². The highest BCUT2D eigenvalue weighted by Crippen LogP contribution is 2.25. The third-order valence-corrected chi connectivity index (χ3v) is 3.08. The number of carboxylic acids is 1. The smallest absolute Gasteiger partial charge is 0.303 e. The minimum absolute atomic E-state index is 0.0798. The molecule has 0 aromatic heterocycles. The highest BCUT2D eigenvalue weighted by atomic mass is 16.5. The second kappa shape index (κ2) is 8.26. The van der Waals surface area contributed by atoms with Gasteiger partial charge in [0.05, 0.1) is 25.8 Å². The summed E-state index contributed by atoms with van der Waals surface area (Å²) in [5, 5.41) is 11.6. The van der Waals surface area contributed by atoms with Crippen molar-refractivity contribution in [1.29, 1.82) is 0 Å². The molecule has 1 aromatic rings. The zero-order chi connectivity index (χ0) is 15.8. The van der Waals surface area contributed by atoms with Gasteiger partial charge in [0.2, 0.25) is 0 Å². The number of rotatable bonds is 9. The molecular formula is C15H21NO5. The number of hydrogen-bond acceptors (Lipinski definition) is 5. The van der Waals surface area contributed by atoms with Gasteiger partial charge in [-0.3, -0.25) is 9.59 Å². The Morgan fingerprint density at radius 2 is 2.00 bits per heavy atom. The molecule has 0 aliphatic heterocycles. The monoisotopic (exact) mass is 295 g/mol. The fourth-order valence-electron chi connectivity index (χ4n) is 1.89. The molecule has 0 saturated heterocycles. The molecule has 0 radical (unpaired) electrons. The Morgan fingerprint density at radius 1 is 1.29 bits per heavy atom. The molecule has 2 N–H and O–H groups in total. The summed E-state index contributed by atoms with van der Waals surface area (Å²) in [6.07, 6.45) is 0.554. The average molecular weight is 295 g/mol. The Hall–Kier alpha value is -2.08. The highest BCUT2D eigenvalue weighted by Gasteiger charge is 2.19. The Bertz CT molecular complexity index is 501. The Balaban J connectivity index is 2.70. The lowest BCUT2D eigenvalue weighted by molar-refractivity contribution is -0.137. The molecular weight excluding hydrogens is 274 g/mol. The molecule has 1 atom stereocenters. The van der Waals surface area contributed by atoms with Crippen LogP contribution in [0.2, 0.25) is 0 Å². The Labute approximate surface area is 124 Å². The number of benzene rings is 1. The third kappa shape index (κ3) is 5.07. The van der Waals surface area contributed by atoms with Crippen molar-refractivity contribution in [3.8, 4) is 11.5 Å². The maximum atomic E-state index is 12.4. The summed E-state index contributed by atoms with van der Waals surface area (Å²) in [4.78, 5) is 22.8. The van der Waals surface area contributed by atoms with Crippen molar-refractivity contribution in [3.63, 3.8) is 0 Å². The second-order valence-corrected chi connectivity index (χ2v) is 4.60. The summed E-state index contributed by atoms with van der Waals surface area (Å²) in [6.45, 7) is 2.20.